The standard InChI is InChI=1S/C23H34N2O3/c1-15-8-9-19(21(26)10-15)22(2,3)24-13-17-11-18-16(12-23(17,4)14-24)6-5-7-20(18)25(27)28/h5-7,15,17,19,21,26H,8-14H2,1-4H3/t15-,17+,19-,21-,23+/m1/s1. The van der Waals surface area contributed by atoms with Gasteiger partial charge < -0.3 is 5.11 Å². The van der Waals surface area contributed by atoms with Gasteiger partial charge in [-0.05, 0) is 62.3 Å². The zero-order valence-corrected chi connectivity index (χ0v) is 17.6. The summed E-state index contributed by atoms with van der Waals surface area (Å²) in [5, 5.41) is 22.3. The number of nitro groups is 1. The van der Waals surface area contributed by atoms with Gasteiger partial charge in [0.25, 0.3) is 5.69 Å². The maximum Gasteiger partial charge on any atom is 0.272 e. The lowest BCUT2D eigenvalue weighted by Gasteiger charge is -2.47. The van der Waals surface area contributed by atoms with Gasteiger partial charge in [-0.25, -0.2) is 0 Å². The molecule has 5 atom stereocenters. The Morgan fingerprint density at radius 1 is 1.32 bits per heavy atom. The van der Waals surface area contributed by atoms with E-state index in [0.717, 1.165) is 49.9 Å². The first-order valence-corrected chi connectivity index (χ1v) is 10.8. The van der Waals surface area contributed by atoms with Crippen LogP contribution in [0.4, 0.5) is 5.69 Å². The fourth-order valence-corrected chi connectivity index (χ4v) is 6.35. The van der Waals surface area contributed by atoms with Gasteiger partial charge in [0.15, 0.2) is 0 Å². The second-order valence-electron chi connectivity index (χ2n) is 10.5. The number of nitro benzene ring substituents is 1. The molecule has 1 saturated carbocycles. The van der Waals surface area contributed by atoms with Gasteiger partial charge in [-0.2, -0.15) is 0 Å². The maximum atomic E-state index is 11.5. The van der Waals surface area contributed by atoms with E-state index in [9.17, 15) is 15.2 Å². The molecule has 0 aromatic heterocycles. The first kappa shape index (κ1) is 19.8. The molecule has 2 aliphatic carbocycles. The summed E-state index contributed by atoms with van der Waals surface area (Å²) in [7, 11) is 0. The highest BCUT2D eigenvalue weighted by Crippen LogP contribution is 2.50. The van der Waals surface area contributed by atoms with Gasteiger partial charge in [-0.3, -0.25) is 15.0 Å². The van der Waals surface area contributed by atoms with Gasteiger partial charge >= 0.3 is 0 Å². The molecule has 5 heteroatoms. The quantitative estimate of drug-likeness (QED) is 0.624. The fourth-order valence-electron chi connectivity index (χ4n) is 6.35. The van der Waals surface area contributed by atoms with Crippen molar-refractivity contribution >= 4 is 5.69 Å². The molecule has 0 spiro atoms. The second-order valence-corrected chi connectivity index (χ2v) is 10.5. The minimum absolute atomic E-state index is 0.0575. The molecule has 1 saturated heterocycles. The largest absolute Gasteiger partial charge is 0.393 e. The summed E-state index contributed by atoms with van der Waals surface area (Å²) in [5.41, 5.74) is 2.47. The van der Waals surface area contributed by atoms with Gasteiger partial charge in [0, 0.05) is 36.2 Å². The third-order valence-corrected chi connectivity index (χ3v) is 8.27. The average Bonchev–Trinajstić information content (AvgIpc) is 2.95. The van der Waals surface area contributed by atoms with Crippen molar-refractivity contribution < 1.29 is 10.0 Å². The summed E-state index contributed by atoms with van der Waals surface area (Å²) in [6.45, 7) is 11.2. The van der Waals surface area contributed by atoms with Crippen molar-refractivity contribution in [2.45, 2.75) is 71.4 Å². The topological polar surface area (TPSA) is 66.6 Å². The van der Waals surface area contributed by atoms with Gasteiger partial charge in [0.2, 0.25) is 0 Å². The van der Waals surface area contributed by atoms with E-state index in [1.807, 2.05) is 6.07 Å². The SMILES string of the molecule is C[C@@H]1CC[C@@H](C(C)(C)N2C[C@@H]3Cc4c(cccc4[N+](=O)[O-])C[C@@]3(C)C2)[C@H](O)C1. The Kier molecular flexibility index (Phi) is 4.82. The highest BCUT2D eigenvalue weighted by molar-refractivity contribution is 5.48. The van der Waals surface area contributed by atoms with Crippen LogP contribution in [0.15, 0.2) is 18.2 Å². The van der Waals surface area contributed by atoms with Crippen LogP contribution in [0.25, 0.3) is 0 Å². The smallest absolute Gasteiger partial charge is 0.272 e. The zero-order valence-electron chi connectivity index (χ0n) is 17.6. The van der Waals surface area contributed by atoms with Crippen molar-refractivity contribution in [1.29, 1.82) is 0 Å². The number of likely N-dealkylation sites (tertiary alicyclic amines) is 1. The van der Waals surface area contributed by atoms with Gasteiger partial charge in [-0.1, -0.05) is 32.4 Å². The molecule has 0 amide bonds. The van der Waals surface area contributed by atoms with Crippen LogP contribution >= 0.6 is 0 Å². The van der Waals surface area contributed by atoms with Crippen LogP contribution in [-0.4, -0.2) is 39.7 Å². The lowest BCUT2D eigenvalue weighted by molar-refractivity contribution is -0.385. The van der Waals surface area contributed by atoms with Crippen LogP contribution in [0.1, 0.15) is 58.1 Å². The van der Waals surface area contributed by atoms with E-state index in [1.165, 1.54) is 6.42 Å². The summed E-state index contributed by atoms with van der Waals surface area (Å²) in [6.07, 6.45) is 4.65. The highest BCUT2D eigenvalue weighted by Gasteiger charge is 2.52. The number of hydrogen-bond donors (Lipinski definition) is 1. The molecule has 4 rings (SSSR count). The number of nitrogens with zero attached hydrogens (tertiary/aromatic N) is 2. The molecular weight excluding hydrogens is 352 g/mol. The maximum absolute atomic E-state index is 11.5. The molecule has 1 heterocycles. The lowest BCUT2D eigenvalue weighted by atomic mass is 9.67. The molecule has 5 nitrogen and oxygen atoms in total. The summed E-state index contributed by atoms with van der Waals surface area (Å²) in [6, 6.07) is 5.55. The monoisotopic (exact) mass is 386 g/mol. The second kappa shape index (κ2) is 6.81. The van der Waals surface area contributed by atoms with Gasteiger partial charge in [-0.15, -0.1) is 0 Å². The number of hydrogen-bond acceptors (Lipinski definition) is 4. The van der Waals surface area contributed by atoms with Crippen molar-refractivity contribution in [3.63, 3.8) is 0 Å². The minimum atomic E-state index is -0.229. The first-order chi connectivity index (χ1) is 13.1. The normalized spacial score (nSPS) is 36.0. The Balaban J connectivity index is 1.58. The van der Waals surface area contributed by atoms with Crippen LogP contribution in [-0.2, 0) is 12.8 Å². The van der Waals surface area contributed by atoms with Gasteiger partial charge in [0.1, 0.15) is 0 Å². The Morgan fingerprint density at radius 2 is 2.07 bits per heavy atom. The number of rotatable bonds is 3. The van der Waals surface area contributed by atoms with E-state index in [1.54, 1.807) is 6.07 Å². The van der Waals surface area contributed by atoms with Crippen molar-refractivity contribution in [1.82, 2.24) is 4.90 Å². The van der Waals surface area contributed by atoms with E-state index >= 15 is 0 Å². The zero-order chi connectivity index (χ0) is 20.3. The van der Waals surface area contributed by atoms with E-state index in [4.69, 9.17) is 0 Å². The predicted molar refractivity (Wildman–Crippen MR) is 110 cm³/mol. The fraction of sp³-hybridized carbons (Fsp3) is 0.739. The average molecular weight is 387 g/mol. The van der Waals surface area contributed by atoms with Crippen molar-refractivity contribution in [3.8, 4) is 0 Å². The summed E-state index contributed by atoms with van der Waals surface area (Å²) >= 11 is 0. The van der Waals surface area contributed by atoms with Crippen LogP contribution < -0.4 is 0 Å². The predicted octanol–water partition coefficient (Wildman–Crippen LogP) is 4.21. The molecule has 0 bridgehead atoms. The van der Waals surface area contributed by atoms with E-state index in [0.29, 0.717) is 17.8 Å². The number of benzene rings is 1. The Labute approximate surface area is 168 Å². The summed E-state index contributed by atoms with van der Waals surface area (Å²) in [4.78, 5) is 13.9. The third-order valence-electron chi connectivity index (χ3n) is 8.27. The van der Waals surface area contributed by atoms with E-state index < -0.39 is 0 Å². The van der Waals surface area contributed by atoms with Crippen molar-refractivity contribution in [3.05, 3.63) is 39.4 Å². The molecule has 1 aromatic carbocycles. The molecule has 154 valence electrons. The van der Waals surface area contributed by atoms with E-state index in [-0.39, 0.29) is 27.7 Å². The Bertz CT molecular complexity index is 777. The van der Waals surface area contributed by atoms with Crippen LogP contribution in [0.5, 0.6) is 0 Å². The van der Waals surface area contributed by atoms with Crippen molar-refractivity contribution in [2.75, 3.05) is 13.1 Å². The first-order valence-electron chi connectivity index (χ1n) is 10.8. The molecule has 0 radical (unpaired) electrons. The van der Waals surface area contributed by atoms with E-state index in [2.05, 4.69) is 38.7 Å². The lowest BCUT2D eigenvalue weighted by Crippen LogP contribution is -2.54. The summed E-state index contributed by atoms with van der Waals surface area (Å²) < 4.78 is 0. The molecule has 0 unspecified atom stereocenters. The minimum Gasteiger partial charge on any atom is -0.393 e. The molecule has 28 heavy (non-hydrogen) atoms. The van der Waals surface area contributed by atoms with Gasteiger partial charge in [0.05, 0.1) is 11.0 Å². The molecule has 2 fully saturated rings. The molecular formula is C23H34N2O3. The van der Waals surface area contributed by atoms with Crippen LogP contribution in [0.3, 0.4) is 0 Å². The molecule has 1 aliphatic heterocycles. The molecule has 3 aliphatic rings. The van der Waals surface area contributed by atoms with Crippen molar-refractivity contribution in [2.24, 2.45) is 23.2 Å². The summed E-state index contributed by atoms with van der Waals surface area (Å²) in [5.74, 6) is 1.33. The van der Waals surface area contributed by atoms with Crippen LogP contribution in [0.2, 0.25) is 0 Å². The molecule has 1 aromatic rings. The highest BCUT2D eigenvalue weighted by atomic mass is 16.6. The Morgan fingerprint density at radius 3 is 2.75 bits per heavy atom. The number of aliphatic hydroxyl groups is 1. The number of fused-ring (bicyclic) bond motifs is 2. The van der Waals surface area contributed by atoms with Crippen LogP contribution in [0, 0.1) is 33.3 Å². The molecule has 1 N–H and O–H groups in total. The third kappa shape index (κ3) is 3.17. The number of aliphatic hydroxyl groups excluding tert-OH is 1. The Hall–Kier alpha value is -1.46.